The number of hydrogen-bond acceptors (Lipinski definition) is 10. The smallest absolute Gasteiger partial charge is 0.342 e. The van der Waals surface area contributed by atoms with E-state index in [4.69, 9.17) is 32.8 Å². The molecule has 6 unspecified atom stereocenters. The number of amides is 1. The molecule has 2 N–H and O–H groups in total. The summed E-state index contributed by atoms with van der Waals surface area (Å²) < 4.78 is 43.9. The van der Waals surface area contributed by atoms with Gasteiger partial charge in [0.05, 0.1) is 5.92 Å². The van der Waals surface area contributed by atoms with E-state index in [1.54, 1.807) is 0 Å². The molecule has 3 aromatic rings. The van der Waals surface area contributed by atoms with Gasteiger partial charge in [0.1, 0.15) is 47.9 Å². The number of carbonyl (C=O) groups excluding carboxylic acids is 2. The van der Waals surface area contributed by atoms with Crippen LogP contribution in [0.25, 0.3) is 11.0 Å². The van der Waals surface area contributed by atoms with E-state index in [0.29, 0.717) is 48.1 Å². The third kappa shape index (κ3) is 9.37. The zero-order valence-corrected chi connectivity index (χ0v) is 32.8. The number of aliphatic hydroxyl groups excluding tert-OH is 1. The Kier molecular flexibility index (Phi) is 13.2. The number of furan rings is 1. The first-order chi connectivity index (χ1) is 25.9. The maximum absolute atomic E-state index is 14.4. The van der Waals surface area contributed by atoms with E-state index in [-0.39, 0.29) is 19.1 Å². The van der Waals surface area contributed by atoms with E-state index >= 15 is 0 Å². The summed E-state index contributed by atoms with van der Waals surface area (Å²) in [7, 11) is 0. The Balaban J connectivity index is 1.33. The van der Waals surface area contributed by atoms with Gasteiger partial charge in [-0.1, -0.05) is 75.9 Å². The predicted molar refractivity (Wildman–Crippen MR) is 203 cm³/mol. The van der Waals surface area contributed by atoms with Crippen molar-refractivity contribution >= 4 is 22.8 Å². The van der Waals surface area contributed by atoms with Gasteiger partial charge in [-0.2, -0.15) is 0 Å². The van der Waals surface area contributed by atoms with Crippen LogP contribution in [0.4, 0.5) is 0 Å². The van der Waals surface area contributed by atoms with Crippen molar-refractivity contribution in [2.75, 3.05) is 19.8 Å². The lowest BCUT2D eigenvalue weighted by Gasteiger charge is -2.36. The molecule has 3 aliphatic rings. The van der Waals surface area contributed by atoms with E-state index in [2.05, 4.69) is 25.2 Å². The van der Waals surface area contributed by atoms with Crippen LogP contribution in [-0.4, -0.2) is 79.0 Å². The van der Waals surface area contributed by atoms with Gasteiger partial charge in [-0.15, -0.1) is 0 Å². The molecule has 0 aliphatic carbocycles. The van der Waals surface area contributed by atoms with Crippen LogP contribution in [0.3, 0.4) is 0 Å². The molecule has 6 rings (SSSR count). The van der Waals surface area contributed by atoms with Gasteiger partial charge < -0.3 is 43.3 Å². The maximum atomic E-state index is 14.4. The second-order valence-electron chi connectivity index (χ2n) is 15.8. The second-order valence-corrected chi connectivity index (χ2v) is 15.8. The van der Waals surface area contributed by atoms with Gasteiger partial charge in [0, 0.05) is 25.0 Å². The number of aryl methyl sites for hydroxylation is 2. The largest absolute Gasteiger partial charge is 0.460 e. The lowest BCUT2D eigenvalue weighted by molar-refractivity contribution is -0.240. The number of carbonyl (C=O) groups is 2. The lowest BCUT2D eigenvalue weighted by Crippen LogP contribution is -2.56. The van der Waals surface area contributed by atoms with Gasteiger partial charge in [0.2, 0.25) is 5.91 Å². The van der Waals surface area contributed by atoms with E-state index in [0.717, 1.165) is 61.6 Å². The van der Waals surface area contributed by atoms with Crippen molar-refractivity contribution in [3.05, 3.63) is 70.5 Å². The van der Waals surface area contributed by atoms with Crippen LogP contribution >= 0.6 is 0 Å². The minimum atomic E-state index is -0.878. The molecule has 11 heteroatoms. The summed E-state index contributed by atoms with van der Waals surface area (Å²) in [6.07, 6.45) is 5.42. The monoisotopic (exact) mass is 749 g/mol. The van der Waals surface area contributed by atoms with Crippen molar-refractivity contribution in [2.24, 2.45) is 0 Å². The number of benzene rings is 2. The highest BCUT2D eigenvalue weighted by Gasteiger charge is 2.61. The van der Waals surface area contributed by atoms with Crippen LogP contribution in [0, 0.1) is 0 Å². The Labute approximate surface area is 319 Å². The number of nitrogens with one attached hydrogen (secondary N) is 1. The summed E-state index contributed by atoms with van der Waals surface area (Å²) in [6.45, 7) is 12.0. The topological polar surface area (TPSA) is 135 Å². The van der Waals surface area contributed by atoms with Crippen molar-refractivity contribution < 1.29 is 47.5 Å². The molecule has 0 bridgehead atoms. The van der Waals surface area contributed by atoms with Crippen molar-refractivity contribution in [1.82, 2.24) is 5.32 Å². The minimum Gasteiger partial charge on any atom is -0.460 e. The third-order valence-electron chi connectivity index (χ3n) is 10.5. The average molecular weight is 750 g/mol. The molecule has 4 heterocycles. The lowest BCUT2D eigenvalue weighted by atomic mass is 9.89. The van der Waals surface area contributed by atoms with Gasteiger partial charge in [-0.25, -0.2) is 4.79 Å². The van der Waals surface area contributed by atoms with Gasteiger partial charge >= 0.3 is 5.97 Å². The first-order valence-corrected chi connectivity index (χ1v) is 20.0. The van der Waals surface area contributed by atoms with E-state index in [1.165, 1.54) is 0 Å². The highest BCUT2D eigenvalue weighted by molar-refractivity contribution is 6.05. The number of hydrogen-bond donors (Lipinski definition) is 2. The number of rotatable bonds is 18. The third-order valence-corrected chi connectivity index (χ3v) is 10.5. The molecule has 11 nitrogen and oxygen atoms in total. The van der Waals surface area contributed by atoms with Crippen molar-refractivity contribution in [3.8, 4) is 0 Å². The average Bonchev–Trinajstić information content (AvgIpc) is 3.78. The van der Waals surface area contributed by atoms with Crippen LogP contribution in [0.1, 0.15) is 125 Å². The highest BCUT2D eigenvalue weighted by atomic mass is 16.9. The molecule has 296 valence electrons. The Morgan fingerprint density at radius 1 is 0.852 bits per heavy atom. The molecule has 3 saturated heterocycles. The zero-order valence-electron chi connectivity index (χ0n) is 32.8. The Bertz CT molecular complexity index is 1720. The summed E-state index contributed by atoms with van der Waals surface area (Å²) in [5.74, 6) is -2.21. The molecule has 0 radical (unpaired) electrons. The molecule has 1 aromatic heterocycles. The molecule has 3 aliphatic heterocycles. The summed E-state index contributed by atoms with van der Waals surface area (Å²) in [4.78, 5) is 28.0. The van der Waals surface area contributed by atoms with Gasteiger partial charge in [0.15, 0.2) is 17.9 Å². The van der Waals surface area contributed by atoms with Crippen LogP contribution in [-0.2, 0) is 52.5 Å². The van der Waals surface area contributed by atoms with Crippen LogP contribution in [0.5, 0.6) is 0 Å². The minimum absolute atomic E-state index is 0.00238. The normalized spacial score (nSPS) is 24.6. The molecule has 3 fully saturated rings. The molecular weight excluding hydrogens is 690 g/mol. The maximum Gasteiger partial charge on any atom is 0.342 e. The molecule has 1 amide bonds. The molecule has 2 aromatic carbocycles. The first-order valence-electron chi connectivity index (χ1n) is 20.0. The number of ether oxygens (including phenoxy) is 6. The van der Waals surface area contributed by atoms with Gasteiger partial charge in [-0.05, 0) is 82.6 Å². The highest BCUT2D eigenvalue weighted by Crippen LogP contribution is 2.44. The standard InChI is InChI=1S/C43H59NO10/c1-7-9-12-19-29-23-27(24-30(28-17-14-11-15-18-28)39(46)44-21-16-22-45)25-31-34(32(49-35(29)31)20-13-10-8-2)40(47)48-26-33-36-37(52-42(3,4)51-36)38-41(50-33)54-43(5,6)53-38/h11,14-15,17-18,23,25,30,33,36-38,41,45H,7-10,12-13,16,19-22,24,26H2,1-6H3,(H,44,46). The number of esters is 1. The van der Waals surface area contributed by atoms with Crippen LogP contribution in [0.15, 0.2) is 46.9 Å². The predicted octanol–water partition coefficient (Wildman–Crippen LogP) is 7.28. The summed E-state index contributed by atoms with van der Waals surface area (Å²) in [6, 6.07) is 13.9. The zero-order chi connectivity index (χ0) is 38.5. The Morgan fingerprint density at radius 2 is 1.54 bits per heavy atom. The SMILES string of the molecule is CCCCCc1oc2c(CCCCC)cc(CC(C(=O)NCCCO)c3ccccc3)cc2c1C(=O)OCC1OC2OC(C)(C)OC2C2OC(C)(C)OC12. The van der Waals surface area contributed by atoms with Crippen LogP contribution < -0.4 is 5.32 Å². The molecule has 54 heavy (non-hydrogen) atoms. The van der Waals surface area contributed by atoms with Gasteiger partial charge in [-0.3, -0.25) is 4.79 Å². The molecule has 6 atom stereocenters. The fraction of sp³-hybridized carbons (Fsp3) is 0.628. The summed E-state index contributed by atoms with van der Waals surface area (Å²) in [5.41, 5.74) is 3.96. The van der Waals surface area contributed by atoms with Crippen molar-refractivity contribution in [2.45, 2.75) is 154 Å². The molecule has 0 spiro atoms. The van der Waals surface area contributed by atoms with E-state index in [9.17, 15) is 14.7 Å². The summed E-state index contributed by atoms with van der Waals surface area (Å²) >= 11 is 0. The fourth-order valence-electron chi connectivity index (χ4n) is 7.94. The van der Waals surface area contributed by atoms with E-state index in [1.807, 2.05) is 64.1 Å². The number of fused-ring (bicyclic) bond motifs is 4. The fourth-order valence-corrected chi connectivity index (χ4v) is 7.94. The van der Waals surface area contributed by atoms with Gasteiger partial charge in [0.25, 0.3) is 0 Å². The van der Waals surface area contributed by atoms with E-state index < -0.39 is 54.2 Å². The Morgan fingerprint density at radius 3 is 2.26 bits per heavy atom. The number of unbranched alkanes of at least 4 members (excludes halogenated alkanes) is 4. The Hall–Kier alpha value is -3.32. The second kappa shape index (κ2) is 17.6. The first kappa shape index (κ1) is 40.3. The quantitative estimate of drug-likeness (QED) is 0.101. The molecule has 0 saturated carbocycles. The van der Waals surface area contributed by atoms with Crippen LogP contribution in [0.2, 0.25) is 0 Å². The summed E-state index contributed by atoms with van der Waals surface area (Å²) in [5, 5.41) is 13.0. The van der Waals surface area contributed by atoms with Crippen molar-refractivity contribution in [1.29, 1.82) is 0 Å². The number of aliphatic hydroxyl groups is 1. The van der Waals surface area contributed by atoms with Crippen molar-refractivity contribution in [3.63, 3.8) is 0 Å². The molecular formula is C43H59NO10.